The van der Waals surface area contributed by atoms with Gasteiger partial charge in [0, 0.05) is 43.0 Å². The van der Waals surface area contributed by atoms with Gasteiger partial charge in [-0.2, -0.15) is 0 Å². The van der Waals surface area contributed by atoms with Crippen molar-refractivity contribution in [2.45, 2.75) is 39.0 Å². The summed E-state index contributed by atoms with van der Waals surface area (Å²) in [5.74, 6) is -1.07. The monoisotopic (exact) mass is 466 g/mol. The Hall–Kier alpha value is -3.75. The number of nitro benzene ring substituents is 1. The Balaban J connectivity index is 1.35. The van der Waals surface area contributed by atoms with Gasteiger partial charge in [-0.25, -0.2) is 0 Å². The minimum Gasteiger partial charge on any atom is -0.348 e. The van der Waals surface area contributed by atoms with Crippen molar-refractivity contribution in [2.24, 2.45) is 5.92 Å². The largest absolute Gasteiger partial charge is 0.348 e. The van der Waals surface area contributed by atoms with Gasteiger partial charge in [0.05, 0.1) is 4.92 Å². The predicted octanol–water partition coefficient (Wildman–Crippen LogP) is 3.68. The molecule has 2 aromatic rings. The summed E-state index contributed by atoms with van der Waals surface area (Å²) in [6.45, 7) is 3.69. The van der Waals surface area contributed by atoms with Gasteiger partial charge in [-0.15, -0.1) is 0 Å². The van der Waals surface area contributed by atoms with Crippen LogP contribution in [0.15, 0.2) is 48.5 Å². The van der Waals surface area contributed by atoms with Crippen LogP contribution in [0.25, 0.3) is 0 Å². The van der Waals surface area contributed by atoms with Crippen LogP contribution in [0, 0.1) is 23.0 Å². The summed E-state index contributed by atoms with van der Waals surface area (Å²) in [5.41, 5.74) is 2.07. The lowest BCUT2D eigenvalue weighted by atomic mass is 9.92. The van der Waals surface area contributed by atoms with Gasteiger partial charge < -0.3 is 15.5 Å². The van der Waals surface area contributed by atoms with E-state index in [2.05, 4.69) is 10.6 Å². The number of piperidine rings is 1. The zero-order valence-corrected chi connectivity index (χ0v) is 19.3. The van der Waals surface area contributed by atoms with Crippen molar-refractivity contribution in [3.05, 3.63) is 69.8 Å². The van der Waals surface area contributed by atoms with Crippen LogP contribution in [-0.2, 0) is 9.59 Å². The SMILES string of the molecule is Cc1ccc(NC(=O)C(=O)NCCCC[C@@H]2CCCN(C(=O)c3ccc([N+](=O)[O-])cc3)C2)cc1. The third kappa shape index (κ3) is 7.13. The summed E-state index contributed by atoms with van der Waals surface area (Å²) in [7, 11) is 0. The van der Waals surface area contributed by atoms with E-state index in [9.17, 15) is 24.5 Å². The number of hydrogen-bond acceptors (Lipinski definition) is 5. The van der Waals surface area contributed by atoms with Crippen molar-refractivity contribution in [2.75, 3.05) is 25.0 Å². The first-order valence-corrected chi connectivity index (χ1v) is 11.5. The summed E-state index contributed by atoms with van der Waals surface area (Å²) in [5, 5.41) is 16.0. The van der Waals surface area contributed by atoms with E-state index in [4.69, 9.17) is 0 Å². The van der Waals surface area contributed by atoms with E-state index in [0.717, 1.165) is 37.7 Å². The number of aryl methyl sites for hydroxylation is 1. The molecular formula is C25H30N4O5. The number of hydrogen-bond donors (Lipinski definition) is 2. The number of non-ortho nitro benzene ring substituents is 1. The van der Waals surface area contributed by atoms with Crippen molar-refractivity contribution in [3.63, 3.8) is 0 Å². The van der Waals surface area contributed by atoms with Gasteiger partial charge in [0.2, 0.25) is 0 Å². The first-order valence-electron chi connectivity index (χ1n) is 11.5. The molecule has 1 aliphatic heterocycles. The average molecular weight is 467 g/mol. The van der Waals surface area contributed by atoms with Crippen LogP contribution in [-0.4, -0.2) is 47.2 Å². The second-order valence-electron chi connectivity index (χ2n) is 8.64. The van der Waals surface area contributed by atoms with Gasteiger partial charge in [0.1, 0.15) is 0 Å². The number of nitrogens with zero attached hydrogens (tertiary/aromatic N) is 2. The number of nitrogens with one attached hydrogen (secondary N) is 2. The maximum absolute atomic E-state index is 12.8. The molecule has 3 rings (SSSR count). The fraction of sp³-hybridized carbons (Fsp3) is 0.400. The molecule has 2 N–H and O–H groups in total. The first kappa shape index (κ1) is 24.9. The van der Waals surface area contributed by atoms with E-state index >= 15 is 0 Å². The molecule has 0 bridgehead atoms. The molecule has 1 heterocycles. The molecular weight excluding hydrogens is 436 g/mol. The quantitative estimate of drug-likeness (QED) is 0.266. The molecule has 9 nitrogen and oxygen atoms in total. The maximum Gasteiger partial charge on any atom is 0.313 e. The van der Waals surface area contributed by atoms with Gasteiger partial charge in [0.15, 0.2) is 0 Å². The van der Waals surface area contributed by atoms with Crippen LogP contribution >= 0.6 is 0 Å². The lowest BCUT2D eigenvalue weighted by molar-refractivity contribution is -0.384. The van der Waals surface area contributed by atoms with Crippen LogP contribution in [0.4, 0.5) is 11.4 Å². The molecule has 1 fully saturated rings. The highest BCUT2D eigenvalue weighted by atomic mass is 16.6. The average Bonchev–Trinajstić information content (AvgIpc) is 2.84. The van der Waals surface area contributed by atoms with E-state index in [1.165, 1.54) is 24.3 Å². The fourth-order valence-corrected chi connectivity index (χ4v) is 4.06. The van der Waals surface area contributed by atoms with Gasteiger partial charge in [-0.1, -0.05) is 24.1 Å². The van der Waals surface area contributed by atoms with Crippen molar-refractivity contribution in [1.29, 1.82) is 0 Å². The number of amides is 3. The summed E-state index contributed by atoms with van der Waals surface area (Å²) < 4.78 is 0. The van der Waals surface area contributed by atoms with E-state index in [0.29, 0.717) is 36.8 Å². The van der Waals surface area contributed by atoms with E-state index in [-0.39, 0.29) is 11.6 Å². The molecule has 0 radical (unpaired) electrons. The Morgan fingerprint density at radius 2 is 1.74 bits per heavy atom. The number of rotatable bonds is 8. The number of unbranched alkanes of at least 4 members (excludes halogenated alkanes) is 1. The minimum atomic E-state index is -0.684. The Morgan fingerprint density at radius 1 is 1.03 bits per heavy atom. The number of carbonyl (C=O) groups is 3. The zero-order valence-electron chi connectivity index (χ0n) is 19.3. The molecule has 34 heavy (non-hydrogen) atoms. The summed E-state index contributed by atoms with van der Waals surface area (Å²) in [6, 6.07) is 12.9. The van der Waals surface area contributed by atoms with Gasteiger partial charge in [0.25, 0.3) is 11.6 Å². The molecule has 180 valence electrons. The molecule has 1 saturated heterocycles. The minimum absolute atomic E-state index is 0.0345. The fourth-order valence-electron chi connectivity index (χ4n) is 4.06. The summed E-state index contributed by atoms with van der Waals surface area (Å²) in [4.78, 5) is 48.9. The van der Waals surface area contributed by atoms with Gasteiger partial charge in [-0.3, -0.25) is 24.5 Å². The smallest absolute Gasteiger partial charge is 0.313 e. The highest BCUT2D eigenvalue weighted by molar-refractivity contribution is 6.39. The summed E-state index contributed by atoms with van der Waals surface area (Å²) >= 11 is 0. The van der Waals surface area contributed by atoms with Gasteiger partial charge >= 0.3 is 11.8 Å². The molecule has 9 heteroatoms. The molecule has 1 atom stereocenters. The van der Waals surface area contributed by atoms with Crippen LogP contribution in [0.3, 0.4) is 0 Å². The Bertz CT molecular complexity index is 1020. The first-order chi connectivity index (χ1) is 16.3. The van der Waals surface area contributed by atoms with Crippen molar-refractivity contribution >= 4 is 29.1 Å². The molecule has 1 aliphatic rings. The van der Waals surface area contributed by atoms with Crippen LogP contribution < -0.4 is 10.6 Å². The second-order valence-corrected chi connectivity index (χ2v) is 8.64. The van der Waals surface area contributed by atoms with Gasteiger partial charge in [-0.05, 0) is 62.8 Å². The van der Waals surface area contributed by atoms with E-state index in [1.54, 1.807) is 12.1 Å². The lowest BCUT2D eigenvalue weighted by Crippen LogP contribution is -2.40. The standard InChI is InChI=1S/C25H30N4O5/c1-18-7-11-21(12-8-18)27-24(31)23(30)26-15-3-2-5-19-6-4-16-28(17-19)25(32)20-9-13-22(14-10-20)29(33)34/h7-14,19H,2-6,15-17H2,1H3,(H,26,30)(H,27,31)/t19-/m1/s1. The third-order valence-corrected chi connectivity index (χ3v) is 5.97. The molecule has 3 amide bonds. The number of likely N-dealkylation sites (tertiary alicyclic amines) is 1. The van der Waals surface area contributed by atoms with Crippen LogP contribution in [0.5, 0.6) is 0 Å². The highest BCUT2D eigenvalue weighted by Crippen LogP contribution is 2.23. The van der Waals surface area contributed by atoms with Crippen LogP contribution in [0.1, 0.15) is 48.0 Å². The normalized spacial score (nSPS) is 15.4. The molecule has 0 spiro atoms. The zero-order chi connectivity index (χ0) is 24.5. The molecule has 2 aromatic carbocycles. The number of nitro groups is 1. The maximum atomic E-state index is 12.8. The Kier molecular flexibility index (Phi) is 8.73. The van der Waals surface area contributed by atoms with Crippen molar-refractivity contribution < 1.29 is 19.3 Å². The lowest BCUT2D eigenvalue weighted by Gasteiger charge is -2.33. The van der Waals surface area contributed by atoms with Crippen LogP contribution in [0.2, 0.25) is 0 Å². The molecule has 0 saturated carbocycles. The number of carbonyl (C=O) groups excluding carboxylic acids is 3. The Labute approximate surface area is 198 Å². The third-order valence-electron chi connectivity index (χ3n) is 5.97. The highest BCUT2D eigenvalue weighted by Gasteiger charge is 2.24. The molecule has 0 aliphatic carbocycles. The number of anilines is 1. The summed E-state index contributed by atoms with van der Waals surface area (Å²) in [6.07, 6.45) is 4.50. The van der Waals surface area contributed by atoms with Crippen molar-refractivity contribution in [1.82, 2.24) is 10.2 Å². The van der Waals surface area contributed by atoms with E-state index < -0.39 is 16.7 Å². The van der Waals surface area contributed by atoms with Crippen molar-refractivity contribution in [3.8, 4) is 0 Å². The van der Waals surface area contributed by atoms with E-state index in [1.807, 2.05) is 24.0 Å². The number of benzene rings is 2. The second kappa shape index (κ2) is 11.9. The molecule has 0 unspecified atom stereocenters. The Morgan fingerprint density at radius 3 is 2.41 bits per heavy atom. The predicted molar refractivity (Wildman–Crippen MR) is 128 cm³/mol. The molecule has 0 aromatic heterocycles. The topological polar surface area (TPSA) is 122 Å².